The number of ether oxygens (including phenoxy) is 1. The monoisotopic (exact) mass is 259 g/mol. The highest BCUT2D eigenvalue weighted by Gasteiger charge is 1.98. The van der Waals surface area contributed by atoms with Crippen LogP contribution in [0.25, 0.3) is 0 Å². The molecule has 0 aliphatic carbocycles. The molecule has 1 aromatic rings. The van der Waals surface area contributed by atoms with Gasteiger partial charge in [-0.05, 0) is 26.0 Å². The average Bonchev–Trinajstić information content (AvgIpc) is 2.41. The fraction of sp³-hybridized carbons (Fsp3) is 0.333. The van der Waals surface area contributed by atoms with E-state index in [2.05, 4.69) is 17.2 Å². The first-order valence-electron chi connectivity index (χ1n) is 6.07. The second-order valence-corrected chi connectivity index (χ2v) is 3.85. The van der Waals surface area contributed by atoms with Crippen molar-refractivity contribution >= 4 is 11.7 Å². The van der Waals surface area contributed by atoms with Crippen LogP contribution in [-0.4, -0.2) is 31.4 Å². The van der Waals surface area contributed by atoms with E-state index in [1.54, 1.807) is 24.3 Å². The molecule has 4 nitrogen and oxygen atoms in total. The molecule has 0 heterocycles. The Kier molecular flexibility index (Phi) is 6.34. The van der Waals surface area contributed by atoms with Crippen molar-refractivity contribution in [2.24, 2.45) is 0 Å². The van der Waals surface area contributed by atoms with Crippen molar-refractivity contribution in [3.05, 3.63) is 35.4 Å². The third kappa shape index (κ3) is 5.84. The van der Waals surface area contributed by atoms with Gasteiger partial charge < -0.3 is 10.1 Å². The van der Waals surface area contributed by atoms with Crippen molar-refractivity contribution in [2.75, 3.05) is 19.8 Å². The van der Waals surface area contributed by atoms with Crippen LogP contribution in [0.15, 0.2) is 24.3 Å². The minimum atomic E-state index is -0.178. The summed E-state index contributed by atoms with van der Waals surface area (Å²) in [5.74, 6) is 5.59. The highest BCUT2D eigenvalue weighted by molar-refractivity contribution is 5.94. The van der Waals surface area contributed by atoms with Gasteiger partial charge >= 0.3 is 0 Å². The number of rotatable bonds is 5. The molecule has 4 heteroatoms. The zero-order chi connectivity index (χ0) is 14.1. The summed E-state index contributed by atoms with van der Waals surface area (Å²) in [5, 5.41) is 2.63. The van der Waals surface area contributed by atoms with Crippen molar-refractivity contribution in [2.45, 2.75) is 13.8 Å². The van der Waals surface area contributed by atoms with Gasteiger partial charge in [0.15, 0.2) is 5.78 Å². The molecule has 0 bridgehead atoms. The highest BCUT2D eigenvalue weighted by Crippen LogP contribution is 2.03. The number of nitrogens with one attached hydrogen (secondary N) is 1. The fourth-order valence-corrected chi connectivity index (χ4v) is 1.32. The van der Waals surface area contributed by atoms with Gasteiger partial charge in [0, 0.05) is 17.7 Å². The normalized spacial score (nSPS) is 9.37. The number of hydrogen-bond donors (Lipinski definition) is 1. The van der Waals surface area contributed by atoms with E-state index < -0.39 is 0 Å². The molecule has 1 aromatic carbocycles. The first-order chi connectivity index (χ1) is 9.13. The molecule has 100 valence electrons. The van der Waals surface area contributed by atoms with E-state index in [9.17, 15) is 9.59 Å². The lowest BCUT2D eigenvalue weighted by molar-refractivity contribution is -0.125. The Balaban J connectivity index is 2.41. The van der Waals surface area contributed by atoms with E-state index in [1.165, 1.54) is 6.92 Å². The van der Waals surface area contributed by atoms with Gasteiger partial charge in [-0.15, -0.1) is 0 Å². The van der Waals surface area contributed by atoms with Gasteiger partial charge in [-0.2, -0.15) is 0 Å². The minimum absolute atomic E-state index is 0.0303. The van der Waals surface area contributed by atoms with Crippen LogP contribution >= 0.6 is 0 Å². The number of Topliss-reactive ketones (excluding diaryl/α,β-unsaturated/α-hetero) is 1. The summed E-state index contributed by atoms with van der Waals surface area (Å²) in [6.45, 7) is 4.21. The van der Waals surface area contributed by atoms with Crippen LogP contribution in [0.2, 0.25) is 0 Å². The first kappa shape index (κ1) is 14.9. The third-order valence-corrected chi connectivity index (χ3v) is 2.34. The van der Waals surface area contributed by atoms with E-state index >= 15 is 0 Å². The number of carbonyl (C=O) groups excluding carboxylic acids is 2. The fourth-order valence-electron chi connectivity index (χ4n) is 1.32. The second kappa shape index (κ2) is 8.06. The molecule has 0 unspecified atom stereocenters. The predicted molar refractivity (Wildman–Crippen MR) is 72.8 cm³/mol. The summed E-state index contributed by atoms with van der Waals surface area (Å²) < 4.78 is 4.95. The van der Waals surface area contributed by atoms with Crippen LogP contribution < -0.4 is 5.32 Å². The molecule has 1 rings (SSSR count). The van der Waals surface area contributed by atoms with Crippen molar-refractivity contribution in [1.82, 2.24) is 5.32 Å². The molecule has 0 fully saturated rings. The molecular weight excluding hydrogens is 242 g/mol. The van der Waals surface area contributed by atoms with E-state index in [4.69, 9.17) is 4.74 Å². The van der Waals surface area contributed by atoms with Gasteiger partial charge in [0.1, 0.15) is 6.61 Å². The molecule has 0 saturated carbocycles. The second-order valence-electron chi connectivity index (χ2n) is 3.85. The number of amides is 1. The highest BCUT2D eigenvalue weighted by atomic mass is 16.5. The summed E-state index contributed by atoms with van der Waals surface area (Å²) in [5.41, 5.74) is 1.47. The molecular formula is C15H17NO3. The molecule has 0 spiro atoms. The quantitative estimate of drug-likeness (QED) is 0.642. The first-order valence-corrected chi connectivity index (χ1v) is 6.07. The molecule has 19 heavy (non-hydrogen) atoms. The zero-order valence-corrected chi connectivity index (χ0v) is 11.2. The molecule has 0 aliphatic heterocycles. The molecule has 0 saturated heterocycles. The smallest absolute Gasteiger partial charge is 0.246 e. The van der Waals surface area contributed by atoms with Gasteiger partial charge in [-0.1, -0.05) is 24.0 Å². The Labute approximate surface area is 113 Å². The van der Waals surface area contributed by atoms with E-state index in [-0.39, 0.29) is 24.8 Å². The molecule has 0 radical (unpaired) electrons. The maximum absolute atomic E-state index is 11.2. The van der Waals surface area contributed by atoms with Crippen LogP contribution in [0.4, 0.5) is 0 Å². The SMILES string of the molecule is CCOCC(=O)NCC#Cc1ccc(C(C)=O)cc1. The van der Waals surface area contributed by atoms with Crippen LogP contribution in [0.3, 0.4) is 0 Å². The van der Waals surface area contributed by atoms with E-state index in [0.717, 1.165) is 5.56 Å². The summed E-state index contributed by atoms with van der Waals surface area (Å²) in [6, 6.07) is 7.04. The zero-order valence-electron chi connectivity index (χ0n) is 11.2. The molecule has 0 aliphatic rings. The number of ketones is 1. The maximum atomic E-state index is 11.2. The van der Waals surface area contributed by atoms with Gasteiger partial charge in [-0.3, -0.25) is 9.59 Å². The summed E-state index contributed by atoms with van der Waals surface area (Å²) in [4.78, 5) is 22.3. The van der Waals surface area contributed by atoms with Crippen molar-refractivity contribution in [3.63, 3.8) is 0 Å². The summed E-state index contributed by atoms with van der Waals surface area (Å²) >= 11 is 0. The van der Waals surface area contributed by atoms with Gasteiger partial charge in [0.25, 0.3) is 0 Å². The predicted octanol–water partition coefficient (Wildman–Crippen LogP) is 1.39. The van der Waals surface area contributed by atoms with Crippen LogP contribution in [0.1, 0.15) is 29.8 Å². The molecule has 1 amide bonds. The standard InChI is InChI=1S/C15H17NO3/c1-3-19-11-15(18)16-10-4-5-13-6-8-14(9-7-13)12(2)17/h6-9H,3,10-11H2,1-2H3,(H,16,18). The van der Waals surface area contributed by atoms with Crippen molar-refractivity contribution in [1.29, 1.82) is 0 Å². The minimum Gasteiger partial charge on any atom is -0.372 e. The molecule has 0 atom stereocenters. The lowest BCUT2D eigenvalue weighted by Gasteiger charge is -2.00. The lowest BCUT2D eigenvalue weighted by atomic mass is 10.1. The summed E-state index contributed by atoms with van der Waals surface area (Å²) in [6.07, 6.45) is 0. The molecule has 1 N–H and O–H groups in total. The largest absolute Gasteiger partial charge is 0.372 e. The Hall–Kier alpha value is -2.12. The lowest BCUT2D eigenvalue weighted by Crippen LogP contribution is -2.27. The van der Waals surface area contributed by atoms with Gasteiger partial charge in [0.05, 0.1) is 6.54 Å². The van der Waals surface area contributed by atoms with Crippen molar-refractivity contribution in [3.8, 4) is 11.8 Å². The van der Waals surface area contributed by atoms with Gasteiger partial charge in [0.2, 0.25) is 5.91 Å². The Morgan fingerprint density at radius 1 is 1.26 bits per heavy atom. The van der Waals surface area contributed by atoms with Crippen LogP contribution in [-0.2, 0) is 9.53 Å². The Morgan fingerprint density at radius 2 is 1.95 bits per heavy atom. The third-order valence-electron chi connectivity index (χ3n) is 2.34. The van der Waals surface area contributed by atoms with E-state index in [1.807, 2.05) is 6.92 Å². The Morgan fingerprint density at radius 3 is 2.53 bits per heavy atom. The maximum Gasteiger partial charge on any atom is 0.246 e. The van der Waals surface area contributed by atoms with Crippen LogP contribution in [0.5, 0.6) is 0 Å². The summed E-state index contributed by atoms with van der Waals surface area (Å²) in [7, 11) is 0. The van der Waals surface area contributed by atoms with E-state index in [0.29, 0.717) is 12.2 Å². The topological polar surface area (TPSA) is 55.4 Å². The number of benzene rings is 1. The average molecular weight is 259 g/mol. The van der Waals surface area contributed by atoms with Gasteiger partial charge in [-0.25, -0.2) is 0 Å². The number of hydrogen-bond acceptors (Lipinski definition) is 3. The van der Waals surface area contributed by atoms with Crippen LogP contribution in [0, 0.1) is 11.8 Å². The Bertz CT molecular complexity index is 494. The molecule has 0 aromatic heterocycles. The van der Waals surface area contributed by atoms with Crippen molar-refractivity contribution < 1.29 is 14.3 Å². The number of carbonyl (C=O) groups is 2.